The van der Waals surface area contributed by atoms with Gasteiger partial charge in [0.25, 0.3) is 5.91 Å². The van der Waals surface area contributed by atoms with Crippen molar-refractivity contribution in [3.8, 4) is 0 Å². The molecule has 1 aromatic heterocycles. The number of nitrogen functional groups attached to an aromatic ring is 1. The Morgan fingerprint density at radius 2 is 2.04 bits per heavy atom. The summed E-state index contributed by atoms with van der Waals surface area (Å²) < 4.78 is 6.66. The number of likely N-dealkylation sites (N-methyl/N-ethyl adjacent to an activating group) is 1. The molecule has 1 atom stereocenters. The van der Waals surface area contributed by atoms with Crippen molar-refractivity contribution in [2.75, 3.05) is 31.4 Å². The number of ether oxygens (including phenoxy) is 1. The molecular weight excluding hydrogens is 332 g/mol. The van der Waals surface area contributed by atoms with Gasteiger partial charge in [-0.15, -0.1) is 0 Å². The molecule has 7 nitrogen and oxygen atoms in total. The molecule has 26 heavy (non-hydrogen) atoms. The van der Waals surface area contributed by atoms with Crippen LogP contribution in [0.3, 0.4) is 0 Å². The molecule has 0 radical (unpaired) electrons. The summed E-state index contributed by atoms with van der Waals surface area (Å²) in [6.07, 6.45) is -0.693. The fraction of sp³-hybridized carbons (Fsp3) is 0.263. The van der Waals surface area contributed by atoms with Gasteiger partial charge in [0.1, 0.15) is 6.61 Å². The second kappa shape index (κ2) is 7.55. The molecular formula is C19H22N4O3. The molecule has 0 bridgehead atoms. The van der Waals surface area contributed by atoms with Gasteiger partial charge in [-0.1, -0.05) is 30.3 Å². The molecule has 3 aromatic rings. The summed E-state index contributed by atoms with van der Waals surface area (Å²) in [6.45, 7) is 0.304. The van der Waals surface area contributed by atoms with E-state index in [1.165, 1.54) is 12.0 Å². The Kier molecular flexibility index (Phi) is 5.20. The molecule has 0 spiro atoms. The summed E-state index contributed by atoms with van der Waals surface area (Å²) in [5.74, 6) is 0.164. The maximum absolute atomic E-state index is 12.0. The Bertz CT molecular complexity index is 908. The third-order valence-electron chi connectivity index (χ3n) is 4.33. The first kappa shape index (κ1) is 17.9. The zero-order chi connectivity index (χ0) is 18.7. The zero-order valence-corrected chi connectivity index (χ0v) is 14.8. The highest BCUT2D eigenvalue weighted by Crippen LogP contribution is 2.26. The van der Waals surface area contributed by atoms with Crippen molar-refractivity contribution < 1.29 is 14.6 Å². The first-order valence-corrected chi connectivity index (χ1v) is 8.25. The van der Waals surface area contributed by atoms with E-state index in [-0.39, 0.29) is 12.5 Å². The lowest BCUT2D eigenvalue weighted by atomic mass is 10.1. The zero-order valence-electron chi connectivity index (χ0n) is 14.8. The van der Waals surface area contributed by atoms with Gasteiger partial charge in [0.2, 0.25) is 5.95 Å². The van der Waals surface area contributed by atoms with Gasteiger partial charge in [-0.3, -0.25) is 4.79 Å². The third-order valence-corrected chi connectivity index (χ3v) is 4.33. The van der Waals surface area contributed by atoms with Crippen LogP contribution in [0.1, 0.15) is 11.7 Å². The van der Waals surface area contributed by atoms with E-state index in [4.69, 9.17) is 10.5 Å². The number of carbonyl (C=O) groups is 1. The van der Waals surface area contributed by atoms with Gasteiger partial charge in [-0.2, -0.15) is 0 Å². The number of aliphatic hydroxyl groups excluding tert-OH is 1. The van der Waals surface area contributed by atoms with E-state index >= 15 is 0 Å². The van der Waals surface area contributed by atoms with Crippen LogP contribution in [0, 0.1) is 0 Å². The molecule has 7 heteroatoms. The topological polar surface area (TPSA) is 93.6 Å². The van der Waals surface area contributed by atoms with Crippen LogP contribution in [0.25, 0.3) is 11.0 Å². The average molecular weight is 354 g/mol. The lowest BCUT2D eigenvalue weighted by Crippen LogP contribution is -2.29. The van der Waals surface area contributed by atoms with E-state index in [1.807, 2.05) is 42.5 Å². The van der Waals surface area contributed by atoms with E-state index in [9.17, 15) is 9.90 Å². The molecule has 136 valence electrons. The van der Waals surface area contributed by atoms with Crippen LogP contribution >= 0.6 is 0 Å². The van der Waals surface area contributed by atoms with Gasteiger partial charge in [-0.05, 0) is 23.8 Å². The van der Waals surface area contributed by atoms with E-state index in [2.05, 4.69) is 4.98 Å². The standard InChI is InChI=1S/C19H22N4O3/c1-22(18(25)12-26-2)14-8-9-16-15(10-14)21-19(20)23(16)11-17(24)13-6-4-3-5-7-13/h3-10,17,24H,11-12H2,1-2H3,(H2,20,21)/t17-/m0/s1. The third kappa shape index (κ3) is 3.54. The van der Waals surface area contributed by atoms with Crippen molar-refractivity contribution >= 4 is 28.6 Å². The van der Waals surface area contributed by atoms with Crippen molar-refractivity contribution in [2.45, 2.75) is 12.6 Å². The molecule has 1 amide bonds. The molecule has 0 aliphatic carbocycles. The number of nitrogens with two attached hydrogens (primary N) is 1. The summed E-state index contributed by atoms with van der Waals surface area (Å²) in [7, 11) is 3.16. The van der Waals surface area contributed by atoms with Crippen LogP contribution < -0.4 is 10.6 Å². The fourth-order valence-electron chi connectivity index (χ4n) is 2.86. The predicted molar refractivity (Wildman–Crippen MR) is 101 cm³/mol. The number of nitrogens with zero attached hydrogens (tertiary/aromatic N) is 3. The lowest BCUT2D eigenvalue weighted by Gasteiger charge is -2.17. The van der Waals surface area contributed by atoms with E-state index in [1.54, 1.807) is 17.7 Å². The SMILES string of the molecule is COCC(=O)N(C)c1ccc2c(c1)nc(N)n2C[C@H](O)c1ccccc1. The average Bonchev–Trinajstić information content (AvgIpc) is 2.96. The van der Waals surface area contributed by atoms with Gasteiger partial charge in [-0.25, -0.2) is 4.98 Å². The number of methoxy groups -OCH3 is 1. The number of benzene rings is 2. The van der Waals surface area contributed by atoms with Gasteiger partial charge in [0, 0.05) is 19.8 Å². The van der Waals surface area contributed by atoms with Crippen LogP contribution in [0.4, 0.5) is 11.6 Å². The second-order valence-electron chi connectivity index (χ2n) is 6.07. The summed E-state index contributed by atoms with van der Waals surface area (Å²) in [5, 5.41) is 10.5. The minimum atomic E-state index is -0.693. The van der Waals surface area contributed by atoms with Crippen LogP contribution in [-0.2, 0) is 16.1 Å². The highest BCUT2D eigenvalue weighted by atomic mass is 16.5. The molecule has 0 fully saturated rings. The van der Waals surface area contributed by atoms with Crippen LogP contribution in [0.5, 0.6) is 0 Å². The Balaban J connectivity index is 1.89. The Morgan fingerprint density at radius 1 is 1.31 bits per heavy atom. The van der Waals surface area contributed by atoms with Gasteiger partial charge in [0.15, 0.2) is 0 Å². The number of aromatic nitrogens is 2. The Hall–Kier alpha value is -2.90. The number of carbonyl (C=O) groups excluding carboxylic acids is 1. The molecule has 0 aliphatic rings. The van der Waals surface area contributed by atoms with Gasteiger partial charge in [0.05, 0.1) is 23.7 Å². The molecule has 1 heterocycles. The first-order chi connectivity index (χ1) is 12.5. The summed E-state index contributed by atoms with van der Waals surface area (Å²) >= 11 is 0. The van der Waals surface area contributed by atoms with Crippen LogP contribution in [-0.4, -0.2) is 41.3 Å². The molecule has 3 N–H and O–H groups in total. The molecule has 0 unspecified atom stereocenters. The second-order valence-corrected chi connectivity index (χ2v) is 6.07. The number of rotatable bonds is 6. The van der Waals surface area contributed by atoms with Crippen molar-refractivity contribution in [1.82, 2.24) is 9.55 Å². The number of anilines is 2. The monoisotopic (exact) mass is 354 g/mol. The number of amides is 1. The van der Waals surface area contributed by atoms with Crippen molar-refractivity contribution in [3.05, 3.63) is 54.1 Å². The number of aliphatic hydroxyl groups is 1. The number of imidazole rings is 1. The van der Waals surface area contributed by atoms with E-state index < -0.39 is 6.10 Å². The van der Waals surface area contributed by atoms with Crippen LogP contribution in [0.15, 0.2) is 48.5 Å². The van der Waals surface area contributed by atoms with E-state index in [0.717, 1.165) is 11.1 Å². The lowest BCUT2D eigenvalue weighted by molar-refractivity contribution is -0.121. The summed E-state index contributed by atoms with van der Waals surface area (Å²) in [6, 6.07) is 14.9. The molecule has 0 saturated carbocycles. The van der Waals surface area contributed by atoms with Gasteiger partial charge < -0.3 is 25.0 Å². The Morgan fingerprint density at radius 3 is 2.73 bits per heavy atom. The summed E-state index contributed by atoms with van der Waals surface area (Å²) in [5.41, 5.74) is 9.03. The van der Waals surface area contributed by atoms with Crippen molar-refractivity contribution in [1.29, 1.82) is 0 Å². The van der Waals surface area contributed by atoms with E-state index in [0.29, 0.717) is 23.7 Å². The normalized spacial score (nSPS) is 12.3. The largest absolute Gasteiger partial charge is 0.387 e. The highest BCUT2D eigenvalue weighted by Gasteiger charge is 2.16. The van der Waals surface area contributed by atoms with Crippen LogP contribution in [0.2, 0.25) is 0 Å². The fourth-order valence-corrected chi connectivity index (χ4v) is 2.86. The molecule has 0 saturated heterocycles. The minimum Gasteiger partial charge on any atom is -0.387 e. The number of hydrogen-bond donors (Lipinski definition) is 2. The van der Waals surface area contributed by atoms with Crippen molar-refractivity contribution in [2.24, 2.45) is 0 Å². The quantitative estimate of drug-likeness (QED) is 0.706. The molecule has 2 aromatic carbocycles. The van der Waals surface area contributed by atoms with Gasteiger partial charge >= 0.3 is 0 Å². The predicted octanol–water partition coefficient (Wildman–Crippen LogP) is 1.96. The maximum Gasteiger partial charge on any atom is 0.252 e. The first-order valence-electron chi connectivity index (χ1n) is 8.25. The van der Waals surface area contributed by atoms with Crippen molar-refractivity contribution in [3.63, 3.8) is 0 Å². The smallest absolute Gasteiger partial charge is 0.252 e. The summed E-state index contributed by atoms with van der Waals surface area (Å²) in [4.78, 5) is 17.9. The minimum absolute atomic E-state index is 0.00832. The number of fused-ring (bicyclic) bond motifs is 1. The highest BCUT2D eigenvalue weighted by molar-refractivity contribution is 5.95. The molecule has 3 rings (SSSR count). The number of hydrogen-bond acceptors (Lipinski definition) is 5. The molecule has 0 aliphatic heterocycles. The maximum atomic E-state index is 12.0. The Labute approximate surface area is 151 Å².